The van der Waals surface area contributed by atoms with E-state index in [2.05, 4.69) is 20.0 Å². The van der Waals surface area contributed by atoms with Crippen LogP contribution < -0.4 is 11.1 Å². The van der Waals surface area contributed by atoms with Gasteiger partial charge >= 0.3 is 0 Å². The Bertz CT molecular complexity index is 358. The highest BCUT2D eigenvalue weighted by molar-refractivity contribution is 5.82. The van der Waals surface area contributed by atoms with E-state index in [9.17, 15) is 4.79 Å². The molecule has 1 aliphatic rings. The smallest absolute Gasteiger partial charge is 0.227 e. The molecule has 1 amide bonds. The Kier molecular flexibility index (Phi) is 3.73. The van der Waals surface area contributed by atoms with Crippen molar-refractivity contribution in [2.24, 2.45) is 11.1 Å². The molecule has 0 aromatic carbocycles. The first-order valence-corrected chi connectivity index (χ1v) is 6.00. The van der Waals surface area contributed by atoms with Crippen LogP contribution in [0, 0.1) is 5.41 Å². The van der Waals surface area contributed by atoms with Crippen molar-refractivity contribution in [2.45, 2.75) is 38.6 Å². The largest absolute Gasteiger partial charge is 0.348 e. The standard InChI is InChI=1S/C11H18N4O2/c12-7-11(4-2-1-3-5-11)10(16)13-6-9-14-8-17-15-9/h8H,1-7,12H2,(H,13,16). The van der Waals surface area contributed by atoms with Crippen LogP contribution in [0.3, 0.4) is 0 Å². The van der Waals surface area contributed by atoms with Gasteiger partial charge in [-0.2, -0.15) is 4.98 Å². The van der Waals surface area contributed by atoms with Gasteiger partial charge in [0.25, 0.3) is 0 Å². The van der Waals surface area contributed by atoms with Gasteiger partial charge in [0.1, 0.15) is 0 Å². The number of nitrogens with zero attached hydrogens (tertiary/aromatic N) is 2. The van der Waals surface area contributed by atoms with E-state index in [0.29, 0.717) is 18.9 Å². The molecule has 0 spiro atoms. The lowest BCUT2D eigenvalue weighted by molar-refractivity contribution is -0.132. The molecule has 6 heteroatoms. The molecule has 1 heterocycles. The molecule has 6 nitrogen and oxygen atoms in total. The average molecular weight is 238 g/mol. The van der Waals surface area contributed by atoms with Crippen molar-refractivity contribution in [2.75, 3.05) is 6.54 Å². The number of carbonyl (C=O) groups is 1. The van der Waals surface area contributed by atoms with Gasteiger partial charge in [0, 0.05) is 6.54 Å². The minimum Gasteiger partial charge on any atom is -0.348 e. The van der Waals surface area contributed by atoms with Crippen LogP contribution in [0.1, 0.15) is 37.9 Å². The maximum absolute atomic E-state index is 12.2. The van der Waals surface area contributed by atoms with E-state index in [1.165, 1.54) is 12.8 Å². The summed E-state index contributed by atoms with van der Waals surface area (Å²) in [5.74, 6) is 0.505. The third-order valence-corrected chi connectivity index (χ3v) is 3.50. The number of amides is 1. The number of carbonyl (C=O) groups excluding carboxylic acids is 1. The second-order valence-electron chi connectivity index (χ2n) is 4.58. The van der Waals surface area contributed by atoms with E-state index in [-0.39, 0.29) is 11.3 Å². The fourth-order valence-corrected chi connectivity index (χ4v) is 2.37. The quantitative estimate of drug-likeness (QED) is 0.800. The minimum atomic E-state index is -0.387. The maximum Gasteiger partial charge on any atom is 0.227 e. The zero-order valence-corrected chi connectivity index (χ0v) is 9.82. The Balaban J connectivity index is 1.93. The van der Waals surface area contributed by atoms with E-state index < -0.39 is 0 Å². The maximum atomic E-state index is 12.2. The summed E-state index contributed by atoms with van der Waals surface area (Å²) in [5.41, 5.74) is 5.39. The summed E-state index contributed by atoms with van der Waals surface area (Å²) in [5, 5.41) is 6.49. The summed E-state index contributed by atoms with van der Waals surface area (Å²) in [6.07, 6.45) is 6.35. The predicted molar refractivity (Wildman–Crippen MR) is 60.7 cm³/mol. The third-order valence-electron chi connectivity index (χ3n) is 3.50. The second-order valence-corrected chi connectivity index (χ2v) is 4.58. The van der Waals surface area contributed by atoms with Gasteiger partial charge in [0.2, 0.25) is 12.3 Å². The number of rotatable bonds is 4. The third kappa shape index (κ3) is 2.63. The number of hydrogen-bond donors (Lipinski definition) is 2. The molecule has 0 radical (unpaired) electrons. The molecule has 0 atom stereocenters. The Morgan fingerprint density at radius 1 is 1.47 bits per heavy atom. The molecular formula is C11H18N4O2. The van der Waals surface area contributed by atoms with Crippen molar-refractivity contribution in [3.05, 3.63) is 12.2 Å². The van der Waals surface area contributed by atoms with Crippen molar-refractivity contribution < 1.29 is 9.32 Å². The van der Waals surface area contributed by atoms with Crippen molar-refractivity contribution >= 4 is 5.91 Å². The van der Waals surface area contributed by atoms with Crippen LogP contribution in [0.5, 0.6) is 0 Å². The zero-order valence-electron chi connectivity index (χ0n) is 9.82. The van der Waals surface area contributed by atoms with Crippen LogP contribution in [0.25, 0.3) is 0 Å². The second kappa shape index (κ2) is 5.27. The summed E-state index contributed by atoms with van der Waals surface area (Å²) >= 11 is 0. The van der Waals surface area contributed by atoms with Crippen LogP contribution in [0.2, 0.25) is 0 Å². The molecule has 0 bridgehead atoms. The van der Waals surface area contributed by atoms with E-state index in [0.717, 1.165) is 25.7 Å². The SMILES string of the molecule is NCC1(C(=O)NCc2ncon2)CCCCC1. The van der Waals surface area contributed by atoms with E-state index in [1.54, 1.807) is 0 Å². The molecule has 1 fully saturated rings. The Morgan fingerprint density at radius 2 is 2.24 bits per heavy atom. The normalized spacial score (nSPS) is 18.9. The zero-order chi connectivity index (χ0) is 12.1. The number of nitrogens with two attached hydrogens (primary N) is 1. The van der Waals surface area contributed by atoms with Gasteiger partial charge in [-0.3, -0.25) is 4.79 Å². The molecule has 1 aromatic rings. The average Bonchev–Trinajstić information content (AvgIpc) is 2.90. The predicted octanol–water partition coefficient (Wildman–Crippen LogP) is 0.595. The van der Waals surface area contributed by atoms with Crippen LogP contribution in [-0.2, 0) is 11.3 Å². The summed E-state index contributed by atoms with van der Waals surface area (Å²) in [4.78, 5) is 16.0. The van der Waals surface area contributed by atoms with E-state index >= 15 is 0 Å². The number of aromatic nitrogens is 2. The molecule has 17 heavy (non-hydrogen) atoms. The molecule has 1 aromatic heterocycles. The summed E-state index contributed by atoms with van der Waals surface area (Å²) in [7, 11) is 0. The van der Waals surface area contributed by atoms with Gasteiger partial charge in [-0.05, 0) is 12.8 Å². The highest BCUT2D eigenvalue weighted by Gasteiger charge is 2.37. The topological polar surface area (TPSA) is 94.0 Å². The highest BCUT2D eigenvalue weighted by Crippen LogP contribution is 2.35. The highest BCUT2D eigenvalue weighted by atomic mass is 16.5. The fourth-order valence-electron chi connectivity index (χ4n) is 2.37. The van der Waals surface area contributed by atoms with Gasteiger partial charge in [-0.25, -0.2) is 0 Å². The molecule has 94 valence electrons. The summed E-state index contributed by atoms with van der Waals surface area (Å²) in [6, 6.07) is 0. The van der Waals surface area contributed by atoms with Gasteiger partial charge in [0.05, 0.1) is 12.0 Å². The summed E-state index contributed by atoms with van der Waals surface area (Å²) in [6.45, 7) is 0.710. The first-order chi connectivity index (χ1) is 8.27. The molecule has 0 unspecified atom stereocenters. The van der Waals surface area contributed by atoms with Crippen LogP contribution in [0.4, 0.5) is 0 Å². The van der Waals surface area contributed by atoms with Crippen LogP contribution >= 0.6 is 0 Å². The molecular weight excluding hydrogens is 220 g/mol. The lowest BCUT2D eigenvalue weighted by Gasteiger charge is -2.34. The first-order valence-electron chi connectivity index (χ1n) is 6.00. The fraction of sp³-hybridized carbons (Fsp3) is 0.727. The first kappa shape index (κ1) is 12.0. The number of nitrogens with one attached hydrogen (secondary N) is 1. The Labute approximate surface area is 99.9 Å². The number of hydrogen-bond acceptors (Lipinski definition) is 5. The van der Waals surface area contributed by atoms with Gasteiger partial charge in [0.15, 0.2) is 5.82 Å². The Hall–Kier alpha value is -1.43. The van der Waals surface area contributed by atoms with Crippen LogP contribution in [-0.4, -0.2) is 22.6 Å². The van der Waals surface area contributed by atoms with Crippen molar-refractivity contribution in [1.82, 2.24) is 15.5 Å². The van der Waals surface area contributed by atoms with Crippen molar-refractivity contribution in [3.63, 3.8) is 0 Å². The van der Waals surface area contributed by atoms with E-state index in [4.69, 9.17) is 5.73 Å². The lowest BCUT2D eigenvalue weighted by Crippen LogP contribution is -2.47. The molecule has 3 N–H and O–H groups in total. The molecule has 0 aliphatic heterocycles. The van der Waals surface area contributed by atoms with Crippen molar-refractivity contribution in [3.8, 4) is 0 Å². The molecule has 1 saturated carbocycles. The van der Waals surface area contributed by atoms with E-state index in [1.807, 2.05) is 0 Å². The summed E-state index contributed by atoms with van der Waals surface area (Å²) < 4.78 is 4.61. The lowest BCUT2D eigenvalue weighted by atomic mass is 9.73. The molecule has 1 aliphatic carbocycles. The monoisotopic (exact) mass is 238 g/mol. The van der Waals surface area contributed by atoms with Gasteiger partial charge in [-0.1, -0.05) is 24.4 Å². The molecule has 0 saturated heterocycles. The molecule has 2 rings (SSSR count). The Morgan fingerprint density at radius 3 is 2.82 bits per heavy atom. The van der Waals surface area contributed by atoms with Gasteiger partial charge in [-0.15, -0.1) is 0 Å². The van der Waals surface area contributed by atoms with Crippen molar-refractivity contribution in [1.29, 1.82) is 0 Å². The van der Waals surface area contributed by atoms with Gasteiger partial charge < -0.3 is 15.6 Å². The van der Waals surface area contributed by atoms with Crippen LogP contribution in [0.15, 0.2) is 10.9 Å². The minimum absolute atomic E-state index is 0.0181.